The molecule has 0 aliphatic rings. The van der Waals surface area contributed by atoms with Crippen LogP contribution in [0.3, 0.4) is 0 Å². The number of nitrogens with two attached hydrogens (primary N) is 1. The molecule has 7 heteroatoms. The number of hydrogen-bond acceptors (Lipinski definition) is 3. The first kappa shape index (κ1) is 12.9. The molecule has 0 saturated carbocycles. The van der Waals surface area contributed by atoms with Crippen molar-refractivity contribution in [2.24, 2.45) is 5.73 Å². The number of halogens is 3. The Morgan fingerprint density at radius 1 is 1.16 bits per heavy atom. The number of nitrogens with zero attached hydrogens (tertiary/aromatic N) is 1. The van der Waals surface area contributed by atoms with Crippen LogP contribution in [-0.4, -0.2) is 10.9 Å². The van der Waals surface area contributed by atoms with E-state index in [0.29, 0.717) is 6.07 Å². The monoisotopic (exact) mass is 268 g/mol. The lowest BCUT2D eigenvalue weighted by Crippen LogP contribution is -2.12. The molecule has 2 rings (SSSR count). The Morgan fingerprint density at radius 2 is 1.84 bits per heavy atom. The van der Waals surface area contributed by atoms with Gasteiger partial charge >= 0.3 is 0 Å². The van der Waals surface area contributed by atoms with Crippen LogP contribution < -0.4 is 10.5 Å². The average molecular weight is 268 g/mol. The summed E-state index contributed by atoms with van der Waals surface area (Å²) < 4.78 is 43.9. The van der Waals surface area contributed by atoms with Crippen LogP contribution in [0.5, 0.6) is 11.6 Å². The number of aromatic nitrogens is 1. The zero-order chi connectivity index (χ0) is 14.0. The number of amides is 1. The molecule has 0 fully saturated rings. The number of para-hydroxylation sites is 1. The molecule has 0 atom stereocenters. The molecule has 19 heavy (non-hydrogen) atoms. The van der Waals surface area contributed by atoms with E-state index in [4.69, 9.17) is 10.5 Å². The van der Waals surface area contributed by atoms with Gasteiger partial charge in [-0.15, -0.1) is 0 Å². The van der Waals surface area contributed by atoms with Gasteiger partial charge in [0.2, 0.25) is 0 Å². The maximum Gasteiger partial charge on any atom is 0.258 e. The number of carbonyl (C=O) groups excluding carboxylic acids is 1. The van der Waals surface area contributed by atoms with Crippen molar-refractivity contribution in [3.8, 4) is 11.6 Å². The van der Waals surface area contributed by atoms with E-state index in [-0.39, 0.29) is 11.3 Å². The van der Waals surface area contributed by atoms with Crippen molar-refractivity contribution < 1.29 is 22.7 Å². The van der Waals surface area contributed by atoms with Crippen LogP contribution in [0.4, 0.5) is 13.2 Å². The van der Waals surface area contributed by atoms with Crippen molar-refractivity contribution in [2.75, 3.05) is 0 Å². The highest BCUT2D eigenvalue weighted by molar-refractivity contribution is 5.95. The van der Waals surface area contributed by atoms with Crippen LogP contribution >= 0.6 is 0 Å². The minimum atomic E-state index is -1.51. The van der Waals surface area contributed by atoms with Crippen LogP contribution in [0.25, 0.3) is 0 Å². The third-order valence-corrected chi connectivity index (χ3v) is 2.21. The van der Waals surface area contributed by atoms with Gasteiger partial charge in [-0.2, -0.15) is 9.37 Å². The highest BCUT2D eigenvalue weighted by Crippen LogP contribution is 2.26. The van der Waals surface area contributed by atoms with E-state index in [1.807, 2.05) is 0 Å². The summed E-state index contributed by atoms with van der Waals surface area (Å²) in [6.07, 6.45) is 0. The van der Waals surface area contributed by atoms with Gasteiger partial charge in [0, 0.05) is 6.07 Å². The Labute approximate surface area is 105 Å². The lowest BCUT2D eigenvalue weighted by atomic mass is 10.2. The smallest absolute Gasteiger partial charge is 0.258 e. The predicted octanol–water partition coefficient (Wildman–Crippen LogP) is 2.39. The van der Waals surface area contributed by atoms with Crippen molar-refractivity contribution in [2.45, 2.75) is 0 Å². The Kier molecular flexibility index (Phi) is 3.37. The van der Waals surface area contributed by atoms with Gasteiger partial charge in [-0.05, 0) is 12.1 Å². The summed E-state index contributed by atoms with van der Waals surface area (Å²) >= 11 is 0. The summed E-state index contributed by atoms with van der Waals surface area (Å²) in [5.41, 5.74) is 5.06. The average Bonchev–Trinajstić information content (AvgIpc) is 2.36. The molecular formula is C12H7F3N2O2. The van der Waals surface area contributed by atoms with Gasteiger partial charge in [-0.25, -0.2) is 8.78 Å². The number of primary amides is 1. The van der Waals surface area contributed by atoms with Gasteiger partial charge in [-0.1, -0.05) is 12.1 Å². The molecule has 0 bridgehead atoms. The fourth-order valence-electron chi connectivity index (χ4n) is 1.36. The molecule has 98 valence electrons. The van der Waals surface area contributed by atoms with Crippen LogP contribution in [0.15, 0.2) is 30.3 Å². The topological polar surface area (TPSA) is 65.2 Å². The zero-order valence-corrected chi connectivity index (χ0v) is 9.36. The minimum absolute atomic E-state index is 0.0339. The summed E-state index contributed by atoms with van der Waals surface area (Å²) in [4.78, 5) is 14.1. The SMILES string of the molecule is NC(=O)c1ccccc1Oc1nc(F)c(F)cc1F. The van der Waals surface area contributed by atoms with Gasteiger partial charge in [0.1, 0.15) is 5.75 Å². The second-order valence-electron chi connectivity index (χ2n) is 3.51. The van der Waals surface area contributed by atoms with Gasteiger partial charge < -0.3 is 10.5 Å². The fourth-order valence-corrected chi connectivity index (χ4v) is 1.36. The number of benzene rings is 1. The second kappa shape index (κ2) is 4.97. The lowest BCUT2D eigenvalue weighted by molar-refractivity contribution is 0.0998. The van der Waals surface area contributed by atoms with E-state index in [1.165, 1.54) is 24.3 Å². The van der Waals surface area contributed by atoms with Crippen molar-refractivity contribution >= 4 is 5.91 Å². The molecule has 0 aliphatic heterocycles. The molecule has 0 spiro atoms. The first-order valence-corrected chi connectivity index (χ1v) is 5.07. The Bertz CT molecular complexity index is 647. The normalized spacial score (nSPS) is 10.3. The largest absolute Gasteiger partial charge is 0.436 e. The molecule has 2 aromatic rings. The maximum atomic E-state index is 13.3. The van der Waals surface area contributed by atoms with E-state index in [0.717, 1.165) is 0 Å². The second-order valence-corrected chi connectivity index (χ2v) is 3.51. The molecular weight excluding hydrogens is 261 g/mol. The molecule has 2 N–H and O–H groups in total. The van der Waals surface area contributed by atoms with Crippen LogP contribution in [0, 0.1) is 17.6 Å². The molecule has 0 saturated heterocycles. The van der Waals surface area contributed by atoms with Crippen molar-refractivity contribution in [3.63, 3.8) is 0 Å². The number of rotatable bonds is 3. The summed E-state index contributed by atoms with van der Waals surface area (Å²) in [6.45, 7) is 0. The third kappa shape index (κ3) is 2.65. The van der Waals surface area contributed by atoms with Crippen LogP contribution in [-0.2, 0) is 0 Å². The Morgan fingerprint density at radius 3 is 2.53 bits per heavy atom. The van der Waals surface area contributed by atoms with Gasteiger partial charge in [-0.3, -0.25) is 4.79 Å². The molecule has 0 radical (unpaired) electrons. The molecule has 1 heterocycles. The molecule has 1 amide bonds. The quantitative estimate of drug-likeness (QED) is 0.869. The minimum Gasteiger partial charge on any atom is -0.436 e. The van der Waals surface area contributed by atoms with Crippen molar-refractivity contribution in [3.05, 3.63) is 53.5 Å². The first-order valence-electron chi connectivity index (χ1n) is 5.07. The van der Waals surface area contributed by atoms with Gasteiger partial charge in [0.15, 0.2) is 11.6 Å². The van der Waals surface area contributed by atoms with Gasteiger partial charge in [0.05, 0.1) is 5.56 Å². The Hall–Kier alpha value is -2.57. The van der Waals surface area contributed by atoms with Crippen molar-refractivity contribution in [1.29, 1.82) is 0 Å². The zero-order valence-electron chi connectivity index (χ0n) is 9.36. The maximum absolute atomic E-state index is 13.3. The molecule has 4 nitrogen and oxygen atoms in total. The third-order valence-electron chi connectivity index (χ3n) is 2.21. The van der Waals surface area contributed by atoms with E-state index < -0.39 is 29.4 Å². The Balaban J connectivity index is 2.42. The standard InChI is InChI=1S/C12H7F3N2O2/c13-7-5-8(14)12(17-10(7)15)19-9-4-2-1-3-6(9)11(16)18/h1-5H,(H2,16,18). The van der Waals surface area contributed by atoms with Gasteiger partial charge in [0.25, 0.3) is 17.7 Å². The summed E-state index contributed by atoms with van der Waals surface area (Å²) in [7, 11) is 0. The number of carbonyl (C=O) groups is 1. The number of hydrogen-bond donors (Lipinski definition) is 1. The summed E-state index contributed by atoms with van der Waals surface area (Å²) in [5.74, 6) is -5.84. The van der Waals surface area contributed by atoms with E-state index in [9.17, 15) is 18.0 Å². The molecule has 1 aromatic heterocycles. The van der Waals surface area contributed by atoms with E-state index >= 15 is 0 Å². The predicted molar refractivity (Wildman–Crippen MR) is 59.1 cm³/mol. The van der Waals surface area contributed by atoms with Crippen LogP contribution in [0.1, 0.15) is 10.4 Å². The number of ether oxygens (including phenoxy) is 1. The van der Waals surface area contributed by atoms with Crippen LogP contribution in [0.2, 0.25) is 0 Å². The number of pyridine rings is 1. The lowest BCUT2D eigenvalue weighted by Gasteiger charge is -2.08. The highest BCUT2D eigenvalue weighted by atomic mass is 19.2. The molecule has 1 aromatic carbocycles. The van der Waals surface area contributed by atoms with Crippen molar-refractivity contribution in [1.82, 2.24) is 4.98 Å². The molecule has 0 unspecified atom stereocenters. The summed E-state index contributed by atoms with van der Waals surface area (Å²) in [5, 5.41) is 0. The highest BCUT2D eigenvalue weighted by Gasteiger charge is 2.16. The van der Waals surface area contributed by atoms with E-state index in [2.05, 4.69) is 4.98 Å². The fraction of sp³-hybridized carbons (Fsp3) is 0. The van der Waals surface area contributed by atoms with E-state index in [1.54, 1.807) is 0 Å². The first-order chi connectivity index (χ1) is 8.99. The summed E-state index contributed by atoms with van der Waals surface area (Å²) in [6, 6.07) is 5.98. The molecule has 0 aliphatic carbocycles.